The van der Waals surface area contributed by atoms with Gasteiger partial charge >= 0.3 is 0 Å². The minimum absolute atomic E-state index is 0.0802. The zero-order valence-corrected chi connectivity index (χ0v) is 19.1. The quantitative estimate of drug-likeness (QED) is 0.605. The number of ether oxygens (including phenoxy) is 1. The van der Waals surface area contributed by atoms with Crippen LogP contribution in [0.25, 0.3) is 0 Å². The Morgan fingerprint density at radius 3 is 2.56 bits per heavy atom. The van der Waals surface area contributed by atoms with Crippen molar-refractivity contribution in [2.75, 3.05) is 16.2 Å². The van der Waals surface area contributed by atoms with Crippen LogP contribution >= 0.6 is 0 Å². The molecule has 168 valence electrons. The summed E-state index contributed by atoms with van der Waals surface area (Å²) in [5.74, 6) is 0.878. The molecule has 0 aliphatic carbocycles. The van der Waals surface area contributed by atoms with E-state index in [2.05, 4.69) is 14.9 Å². The van der Waals surface area contributed by atoms with Crippen LogP contribution in [0.4, 0.5) is 11.4 Å². The molecule has 32 heavy (non-hydrogen) atoms. The minimum atomic E-state index is -3.87. The van der Waals surface area contributed by atoms with E-state index in [0.29, 0.717) is 40.8 Å². The van der Waals surface area contributed by atoms with Crippen LogP contribution < -0.4 is 14.4 Å². The minimum Gasteiger partial charge on any atom is -0.482 e. The molecular formula is C22H24N4O5S. The Kier molecular flexibility index (Phi) is 5.64. The van der Waals surface area contributed by atoms with Crippen LogP contribution in [-0.4, -0.2) is 31.1 Å². The number of anilines is 2. The average Bonchev–Trinajstić information content (AvgIpc) is 3.20. The van der Waals surface area contributed by atoms with E-state index in [1.165, 1.54) is 11.0 Å². The molecule has 10 heteroatoms. The summed E-state index contributed by atoms with van der Waals surface area (Å²) in [6, 6.07) is 8.44. The summed E-state index contributed by atoms with van der Waals surface area (Å²) in [4.78, 5) is 18.3. The molecule has 0 radical (unpaired) electrons. The first-order chi connectivity index (χ1) is 15.2. The fourth-order valence-electron chi connectivity index (χ4n) is 3.45. The van der Waals surface area contributed by atoms with Gasteiger partial charge in [0.05, 0.1) is 17.1 Å². The number of fused-ring (bicyclic) bond motifs is 1. The van der Waals surface area contributed by atoms with Gasteiger partial charge in [0.15, 0.2) is 12.4 Å². The van der Waals surface area contributed by atoms with E-state index in [1.54, 1.807) is 25.1 Å². The SMILES string of the molecule is CCc1nc(CN2C(=O)COc3cc(S(=O)(=O)Nc4ccc(C)c(C)c4)c(C)cc32)no1. The lowest BCUT2D eigenvalue weighted by Crippen LogP contribution is -2.38. The normalized spacial score (nSPS) is 13.6. The van der Waals surface area contributed by atoms with Crippen molar-refractivity contribution in [3.8, 4) is 5.75 Å². The number of aromatic nitrogens is 2. The molecule has 2 heterocycles. The van der Waals surface area contributed by atoms with Gasteiger partial charge in [0.2, 0.25) is 5.89 Å². The van der Waals surface area contributed by atoms with E-state index in [1.807, 2.05) is 26.8 Å². The summed E-state index contributed by atoms with van der Waals surface area (Å²) < 4.78 is 39.5. The summed E-state index contributed by atoms with van der Waals surface area (Å²) in [6.07, 6.45) is 0.592. The Balaban J connectivity index is 1.66. The van der Waals surface area contributed by atoms with E-state index in [4.69, 9.17) is 9.26 Å². The zero-order valence-electron chi connectivity index (χ0n) is 18.3. The van der Waals surface area contributed by atoms with Gasteiger partial charge in [0.1, 0.15) is 5.75 Å². The second kappa shape index (κ2) is 8.27. The summed E-state index contributed by atoms with van der Waals surface area (Å²) >= 11 is 0. The van der Waals surface area contributed by atoms with Crippen molar-refractivity contribution in [3.05, 3.63) is 58.7 Å². The fraction of sp³-hybridized carbons (Fsp3) is 0.318. The van der Waals surface area contributed by atoms with Crippen molar-refractivity contribution >= 4 is 27.3 Å². The van der Waals surface area contributed by atoms with Crippen LogP contribution in [0.15, 0.2) is 39.8 Å². The Morgan fingerprint density at radius 2 is 1.88 bits per heavy atom. The number of nitrogens with zero attached hydrogens (tertiary/aromatic N) is 3. The first-order valence-corrected chi connectivity index (χ1v) is 11.7. The third kappa shape index (κ3) is 4.18. The number of benzene rings is 2. The standard InChI is InChI=1S/C22H24N4O5S/c1-5-21-23-20(24-31-21)11-26-17-9-15(4)19(10-18(17)30-12-22(26)27)32(28,29)25-16-7-6-13(2)14(3)8-16/h6-10,25H,5,11-12H2,1-4H3. The van der Waals surface area contributed by atoms with Gasteiger partial charge in [-0.15, -0.1) is 0 Å². The van der Waals surface area contributed by atoms with Gasteiger partial charge in [-0.3, -0.25) is 14.4 Å². The molecule has 0 spiro atoms. The number of aryl methyl sites for hydroxylation is 4. The first-order valence-electron chi connectivity index (χ1n) is 10.2. The van der Waals surface area contributed by atoms with Crippen molar-refractivity contribution < 1.29 is 22.5 Å². The monoisotopic (exact) mass is 456 g/mol. The number of amides is 1. The molecule has 1 aliphatic rings. The van der Waals surface area contributed by atoms with Crippen molar-refractivity contribution in [1.29, 1.82) is 0 Å². The molecule has 0 atom stereocenters. The van der Waals surface area contributed by atoms with E-state index in [-0.39, 0.29) is 24.0 Å². The van der Waals surface area contributed by atoms with Crippen molar-refractivity contribution in [3.63, 3.8) is 0 Å². The van der Waals surface area contributed by atoms with Gasteiger partial charge in [0, 0.05) is 18.2 Å². The first kappa shape index (κ1) is 21.8. The maximum absolute atomic E-state index is 13.1. The van der Waals surface area contributed by atoms with E-state index < -0.39 is 10.0 Å². The van der Waals surface area contributed by atoms with Gasteiger partial charge in [-0.2, -0.15) is 4.98 Å². The molecule has 9 nitrogen and oxygen atoms in total. The van der Waals surface area contributed by atoms with Gasteiger partial charge in [-0.25, -0.2) is 8.42 Å². The van der Waals surface area contributed by atoms with Crippen molar-refractivity contribution in [1.82, 2.24) is 10.1 Å². The van der Waals surface area contributed by atoms with Gasteiger partial charge < -0.3 is 9.26 Å². The second-order valence-corrected chi connectivity index (χ2v) is 9.37. The largest absolute Gasteiger partial charge is 0.482 e. The molecule has 0 saturated heterocycles. The average molecular weight is 457 g/mol. The Labute approximate surface area is 186 Å². The highest BCUT2D eigenvalue weighted by Gasteiger charge is 2.30. The Morgan fingerprint density at radius 1 is 1.09 bits per heavy atom. The molecule has 0 fully saturated rings. The van der Waals surface area contributed by atoms with Crippen LogP contribution in [-0.2, 0) is 27.8 Å². The van der Waals surface area contributed by atoms with Crippen LogP contribution in [0.2, 0.25) is 0 Å². The maximum atomic E-state index is 13.1. The molecule has 1 N–H and O–H groups in total. The van der Waals surface area contributed by atoms with Crippen LogP contribution in [0.5, 0.6) is 5.75 Å². The maximum Gasteiger partial charge on any atom is 0.265 e. The number of nitrogens with one attached hydrogen (secondary N) is 1. The molecule has 0 saturated carbocycles. The summed E-state index contributed by atoms with van der Waals surface area (Å²) in [7, 11) is -3.87. The predicted octanol–water partition coefficient (Wildman–Crippen LogP) is 3.28. The number of carbonyl (C=O) groups is 1. The van der Waals surface area contributed by atoms with Gasteiger partial charge in [-0.1, -0.05) is 18.1 Å². The zero-order chi connectivity index (χ0) is 23.0. The molecule has 0 bridgehead atoms. The third-order valence-electron chi connectivity index (χ3n) is 5.36. The van der Waals surface area contributed by atoms with E-state index in [9.17, 15) is 13.2 Å². The smallest absolute Gasteiger partial charge is 0.265 e. The third-order valence-corrected chi connectivity index (χ3v) is 6.88. The fourth-order valence-corrected chi connectivity index (χ4v) is 4.74. The number of rotatable bonds is 6. The highest BCUT2D eigenvalue weighted by molar-refractivity contribution is 7.92. The van der Waals surface area contributed by atoms with Crippen LogP contribution in [0.3, 0.4) is 0 Å². The Hall–Kier alpha value is -3.40. The predicted molar refractivity (Wildman–Crippen MR) is 118 cm³/mol. The summed E-state index contributed by atoms with van der Waals surface area (Å²) in [5.41, 5.74) is 3.48. The van der Waals surface area contributed by atoms with Crippen LogP contribution in [0.1, 0.15) is 35.3 Å². The lowest BCUT2D eigenvalue weighted by molar-refractivity contribution is -0.121. The molecule has 1 amide bonds. The highest BCUT2D eigenvalue weighted by Crippen LogP contribution is 2.37. The number of sulfonamides is 1. The number of carbonyl (C=O) groups excluding carboxylic acids is 1. The topological polar surface area (TPSA) is 115 Å². The lowest BCUT2D eigenvalue weighted by Gasteiger charge is -2.29. The molecule has 1 aromatic heterocycles. The molecule has 1 aliphatic heterocycles. The molecular weight excluding hydrogens is 432 g/mol. The summed E-state index contributed by atoms with van der Waals surface area (Å²) in [5, 5.41) is 3.90. The van der Waals surface area contributed by atoms with Crippen molar-refractivity contribution in [2.45, 2.75) is 45.6 Å². The highest BCUT2D eigenvalue weighted by atomic mass is 32.2. The van der Waals surface area contributed by atoms with Gasteiger partial charge in [0.25, 0.3) is 15.9 Å². The Bertz CT molecular complexity index is 1300. The number of hydrogen-bond acceptors (Lipinski definition) is 7. The molecule has 0 unspecified atom stereocenters. The molecule has 2 aromatic carbocycles. The van der Waals surface area contributed by atoms with E-state index in [0.717, 1.165) is 11.1 Å². The van der Waals surface area contributed by atoms with Gasteiger partial charge in [-0.05, 0) is 55.7 Å². The number of hydrogen-bond donors (Lipinski definition) is 1. The van der Waals surface area contributed by atoms with Crippen LogP contribution in [0, 0.1) is 20.8 Å². The second-order valence-electron chi connectivity index (χ2n) is 7.72. The van der Waals surface area contributed by atoms with Crippen molar-refractivity contribution in [2.24, 2.45) is 0 Å². The lowest BCUT2D eigenvalue weighted by atomic mass is 10.1. The molecule has 3 aromatic rings. The van der Waals surface area contributed by atoms with E-state index >= 15 is 0 Å². The molecule has 4 rings (SSSR count). The summed E-state index contributed by atoms with van der Waals surface area (Å²) in [6.45, 7) is 7.34.